The van der Waals surface area contributed by atoms with Crippen LogP contribution in [0.3, 0.4) is 0 Å². The highest BCUT2D eigenvalue weighted by Crippen LogP contribution is 2.07. The van der Waals surface area contributed by atoms with Crippen LogP contribution < -0.4 is 4.90 Å². The van der Waals surface area contributed by atoms with Crippen molar-refractivity contribution in [2.45, 2.75) is 6.92 Å². The number of rotatable bonds is 3. The van der Waals surface area contributed by atoms with Crippen LogP contribution in [0.5, 0.6) is 0 Å². The number of aromatic nitrogens is 1. The Morgan fingerprint density at radius 3 is 2.91 bits per heavy atom. The summed E-state index contributed by atoms with van der Waals surface area (Å²) in [5.74, 6) is 0.949. The summed E-state index contributed by atoms with van der Waals surface area (Å²) in [5.41, 5.74) is 0. The van der Waals surface area contributed by atoms with Crippen LogP contribution in [0.1, 0.15) is 6.92 Å². The zero-order valence-electron chi connectivity index (χ0n) is 6.70. The van der Waals surface area contributed by atoms with Gasteiger partial charge in [0.05, 0.1) is 0 Å². The Bertz CT molecular complexity index is 218. The fraction of sp³-hybridized carbons (Fsp3) is 0.222. The van der Waals surface area contributed by atoms with E-state index >= 15 is 0 Å². The van der Waals surface area contributed by atoms with E-state index in [1.54, 1.807) is 12.4 Å². The average molecular weight is 148 g/mol. The normalized spacial score (nSPS) is 9.18. The van der Waals surface area contributed by atoms with Crippen molar-refractivity contribution in [3.8, 4) is 0 Å². The van der Waals surface area contributed by atoms with E-state index in [0.717, 1.165) is 12.4 Å². The number of anilines is 1. The summed E-state index contributed by atoms with van der Waals surface area (Å²) >= 11 is 0. The first kappa shape index (κ1) is 7.79. The van der Waals surface area contributed by atoms with Gasteiger partial charge in [-0.2, -0.15) is 0 Å². The van der Waals surface area contributed by atoms with Gasteiger partial charge in [-0.15, -0.1) is 0 Å². The first-order chi connectivity index (χ1) is 5.38. The minimum atomic E-state index is 0.903. The molecule has 0 saturated heterocycles. The molecule has 1 aromatic heterocycles. The lowest BCUT2D eigenvalue weighted by Gasteiger charge is -2.15. The molecule has 11 heavy (non-hydrogen) atoms. The number of nitrogens with zero attached hydrogens (tertiary/aromatic N) is 2. The molecule has 0 aromatic carbocycles. The molecule has 0 spiro atoms. The fourth-order valence-electron chi connectivity index (χ4n) is 0.908. The Balaban J connectivity index is 2.82. The lowest BCUT2D eigenvalue weighted by atomic mass is 10.4. The second-order valence-electron chi connectivity index (χ2n) is 2.16. The van der Waals surface area contributed by atoms with Crippen molar-refractivity contribution in [1.82, 2.24) is 4.98 Å². The van der Waals surface area contributed by atoms with Crippen molar-refractivity contribution in [3.63, 3.8) is 0 Å². The predicted octanol–water partition coefficient (Wildman–Crippen LogP) is 2.05. The molecule has 0 atom stereocenters. The molecule has 0 saturated carbocycles. The van der Waals surface area contributed by atoms with E-state index in [1.165, 1.54) is 0 Å². The molecule has 0 radical (unpaired) electrons. The van der Waals surface area contributed by atoms with Crippen LogP contribution in [0, 0.1) is 0 Å². The monoisotopic (exact) mass is 148 g/mol. The topological polar surface area (TPSA) is 16.1 Å². The summed E-state index contributed by atoms with van der Waals surface area (Å²) in [4.78, 5) is 6.16. The third-order valence-electron chi connectivity index (χ3n) is 1.50. The molecule has 0 amide bonds. The highest BCUT2D eigenvalue weighted by Gasteiger charge is 1.97. The standard InChI is InChI=1S/C9H12N2/c1-3-11(4-2)9-7-5-6-8-10-9/h3,5-8H,1,4H2,2H3. The summed E-state index contributed by atoms with van der Waals surface area (Å²) < 4.78 is 0. The van der Waals surface area contributed by atoms with Crippen molar-refractivity contribution < 1.29 is 0 Å². The van der Waals surface area contributed by atoms with Crippen molar-refractivity contribution in [3.05, 3.63) is 37.2 Å². The summed E-state index contributed by atoms with van der Waals surface area (Å²) in [7, 11) is 0. The van der Waals surface area contributed by atoms with Crippen LogP contribution in [0.25, 0.3) is 0 Å². The van der Waals surface area contributed by atoms with Gasteiger partial charge >= 0.3 is 0 Å². The van der Waals surface area contributed by atoms with Crippen molar-refractivity contribution >= 4 is 5.82 Å². The molecule has 1 rings (SSSR count). The maximum atomic E-state index is 4.18. The molecule has 1 aromatic rings. The van der Waals surface area contributed by atoms with Crippen LogP contribution >= 0.6 is 0 Å². The molecule has 1 heterocycles. The van der Waals surface area contributed by atoms with E-state index in [0.29, 0.717) is 0 Å². The lowest BCUT2D eigenvalue weighted by Crippen LogP contribution is -2.15. The van der Waals surface area contributed by atoms with Gasteiger partial charge in [0.15, 0.2) is 0 Å². The molecule has 58 valence electrons. The molecule has 0 bridgehead atoms. The summed E-state index contributed by atoms with van der Waals surface area (Å²) in [5, 5.41) is 0. The van der Waals surface area contributed by atoms with Crippen molar-refractivity contribution in [1.29, 1.82) is 0 Å². The van der Waals surface area contributed by atoms with E-state index in [2.05, 4.69) is 18.5 Å². The molecule has 0 aliphatic rings. The van der Waals surface area contributed by atoms with Crippen LogP contribution in [0.2, 0.25) is 0 Å². The number of hydrogen-bond donors (Lipinski definition) is 0. The smallest absolute Gasteiger partial charge is 0.132 e. The van der Waals surface area contributed by atoms with Crippen LogP contribution in [0.15, 0.2) is 37.2 Å². The van der Waals surface area contributed by atoms with Crippen LogP contribution in [-0.4, -0.2) is 11.5 Å². The second kappa shape index (κ2) is 3.76. The SMILES string of the molecule is C=CN(CC)c1ccccn1. The molecular weight excluding hydrogens is 136 g/mol. The summed E-state index contributed by atoms with van der Waals surface area (Å²) in [6, 6.07) is 5.83. The van der Waals surface area contributed by atoms with E-state index < -0.39 is 0 Å². The highest BCUT2D eigenvalue weighted by atomic mass is 15.2. The third kappa shape index (κ3) is 1.80. The summed E-state index contributed by atoms with van der Waals surface area (Å²) in [6.07, 6.45) is 3.56. The molecule has 0 N–H and O–H groups in total. The van der Waals surface area contributed by atoms with Crippen molar-refractivity contribution in [2.75, 3.05) is 11.4 Å². The van der Waals surface area contributed by atoms with Gasteiger partial charge in [0.25, 0.3) is 0 Å². The first-order valence-electron chi connectivity index (χ1n) is 3.68. The highest BCUT2D eigenvalue weighted by molar-refractivity contribution is 5.40. The number of pyridine rings is 1. The minimum absolute atomic E-state index is 0.903. The molecule has 0 fully saturated rings. The van der Waals surface area contributed by atoms with Gasteiger partial charge in [-0.3, -0.25) is 0 Å². The zero-order valence-corrected chi connectivity index (χ0v) is 6.70. The second-order valence-corrected chi connectivity index (χ2v) is 2.16. The Morgan fingerprint density at radius 1 is 1.64 bits per heavy atom. The lowest BCUT2D eigenvalue weighted by molar-refractivity contribution is 0.985. The molecule has 0 aliphatic heterocycles. The van der Waals surface area contributed by atoms with Crippen LogP contribution in [0.4, 0.5) is 5.82 Å². The van der Waals surface area contributed by atoms with Gasteiger partial charge in [-0.25, -0.2) is 4.98 Å². The first-order valence-corrected chi connectivity index (χ1v) is 3.68. The van der Waals surface area contributed by atoms with Gasteiger partial charge in [0.2, 0.25) is 0 Å². The predicted molar refractivity (Wildman–Crippen MR) is 47.5 cm³/mol. The summed E-state index contributed by atoms with van der Waals surface area (Å²) in [6.45, 7) is 6.66. The Morgan fingerprint density at radius 2 is 2.45 bits per heavy atom. The van der Waals surface area contributed by atoms with E-state index in [-0.39, 0.29) is 0 Å². The maximum Gasteiger partial charge on any atom is 0.132 e. The number of hydrogen-bond acceptors (Lipinski definition) is 2. The van der Waals surface area contributed by atoms with E-state index in [4.69, 9.17) is 0 Å². The van der Waals surface area contributed by atoms with Gasteiger partial charge in [0.1, 0.15) is 5.82 Å². The molecule has 2 heteroatoms. The Kier molecular flexibility index (Phi) is 2.66. The van der Waals surface area contributed by atoms with Gasteiger partial charge in [-0.1, -0.05) is 12.6 Å². The Labute approximate surface area is 67.2 Å². The van der Waals surface area contributed by atoms with Gasteiger partial charge < -0.3 is 4.90 Å². The Hall–Kier alpha value is -1.31. The average Bonchev–Trinajstić information content (AvgIpc) is 2.09. The zero-order chi connectivity index (χ0) is 8.10. The maximum absolute atomic E-state index is 4.18. The van der Waals surface area contributed by atoms with Crippen LogP contribution in [-0.2, 0) is 0 Å². The van der Waals surface area contributed by atoms with Gasteiger partial charge in [0, 0.05) is 12.7 Å². The van der Waals surface area contributed by atoms with E-state index in [1.807, 2.05) is 23.1 Å². The van der Waals surface area contributed by atoms with Gasteiger partial charge in [-0.05, 0) is 25.3 Å². The molecule has 2 nitrogen and oxygen atoms in total. The van der Waals surface area contributed by atoms with Crippen molar-refractivity contribution in [2.24, 2.45) is 0 Å². The molecule has 0 aliphatic carbocycles. The minimum Gasteiger partial charge on any atom is -0.334 e. The molecule has 0 unspecified atom stereocenters. The third-order valence-corrected chi connectivity index (χ3v) is 1.50. The largest absolute Gasteiger partial charge is 0.334 e. The van der Waals surface area contributed by atoms with E-state index in [9.17, 15) is 0 Å². The quantitative estimate of drug-likeness (QED) is 0.652. The molecular formula is C9H12N2. The fourth-order valence-corrected chi connectivity index (χ4v) is 0.908.